The first-order valence-electron chi connectivity index (χ1n) is 11.1. The van der Waals surface area contributed by atoms with E-state index in [1.54, 1.807) is 23.5 Å². The molecule has 0 spiro atoms. The SMILES string of the molecule is Cc1sc2c(c1C)C(c1ccc(C#CC(=O)O)cc1)=N[C@@H](CC(=O)OC(C)(C)C)c1nnc(C)n1-2. The van der Waals surface area contributed by atoms with Gasteiger partial charge >= 0.3 is 11.9 Å². The predicted molar refractivity (Wildman–Crippen MR) is 133 cm³/mol. The van der Waals surface area contributed by atoms with Gasteiger partial charge in [0.2, 0.25) is 0 Å². The van der Waals surface area contributed by atoms with Gasteiger partial charge in [-0.25, -0.2) is 4.79 Å². The number of hydrogen-bond donors (Lipinski definition) is 1. The topological polar surface area (TPSA) is 107 Å². The van der Waals surface area contributed by atoms with Crippen molar-refractivity contribution in [2.75, 3.05) is 0 Å². The second-order valence-electron chi connectivity index (χ2n) is 9.32. The van der Waals surface area contributed by atoms with Crippen molar-refractivity contribution in [3.8, 4) is 16.8 Å². The van der Waals surface area contributed by atoms with Gasteiger partial charge in [-0.15, -0.1) is 21.5 Å². The van der Waals surface area contributed by atoms with Gasteiger partial charge < -0.3 is 9.84 Å². The van der Waals surface area contributed by atoms with Crippen molar-refractivity contribution in [3.63, 3.8) is 0 Å². The van der Waals surface area contributed by atoms with Crippen LogP contribution in [-0.2, 0) is 14.3 Å². The number of aryl methyl sites for hydroxylation is 2. The average molecular weight is 491 g/mol. The van der Waals surface area contributed by atoms with Crippen LogP contribution < -0.4 is 0 Å². The average Bonchev–Trinajstić information content (AvgIpc) is 3.24. The minimum absolute atomic E-state index is 0.0219. The fourth-order valence-electron chi connectivity index (χ4n) is 3.90. The number of esters is 1. The van der Waals surface area contributed by atoms with Crippen molar-refractivity contribution in [2.45, 2.75) is 59.6 Å². The first-order chi connectivity index (χ1) is 16.4. The second kappa shape index (κ2) is 9.12. The van der Waals surface area contributed by atoms with Gasteiger partial charge in [0.1, 0.15) is 22.5 Å². The van der Waals surface area contributed by atoms with Crippen molar-refractivity contribution < 1.29 is 19.4 Å². The highest BCUT2D eigenvalue weighted by molar-refractivity contribution is 7.15. The second-order valence-corrected chi connectivity index (χ2v) is 10.5. The Hall–Kier alpha value is -3.77. The summed E-state index contributed by atoms with van der Waals surface area (Å²) in [6.07, 6.45) is 0.0219. The molecular weight excluding hydrogens is 464 g/mol. The Labute approximate surface area is 207 Å². The number of hydrogen-bond acceptors (Lipinski definition) is 7. The number of nitrogens with zero attached hydrogens (tertiary/aromatic N) is 4. The number of fused-ring (bicyclic) bond motifs is 3. The molecule has 0 aliphatic carbocycles. The highest BCUT2D eigenvalue weighted by atomic mass is 32.1. The number of carboxylic acid groups (broad SMARTS) is 1. The van der Waals surface area contributed by atoms with Crippen molar-refractivity contribution in [1.29, 1.82) is 0 Å². The molecule has 1 aliphatic heterocycles. The Morgan fingerprint density at radius 2 is 1.83 bits per heavy atom. The summed E-state index contributed by atoms with van der Waals surface area (Å²) < 4.78 is 7.57. The number of rotatable bonds is 3. The van der Waals surface area contributed by atoms with Crippen molar-refractivity contribution in [3.05, 3.63) is 63.0 Å². The van der Waals surface area contributed by atoms with Crippen LogP contribution in [0.2, 0.25) is 0 Å². The van der Waals surface area contributed by atoms with Gasteiger partial charge in [-0.1, -0.05) is 18.1 Å². The maximum atomic E-state index is 12.8. The van der Waals surface area contributed by atoms with Gasteiger partial charge in [-0.2, -0.15) is 0 Å². The minimum atomic E-state index is -1.18. The van der Waals surface area contributed by atoms with Crippen molar-refractivity contribution in [2.24, 2.45) is 4.99 Å². The van der Waals surface area contributed by atoms with Crippen LogP contribution in [0.15, 0.2) is 29.3 Å². The van der Waals surface area contributed by atoms with E-state index >= 15 is 0 Å². The lowest BCUT2D eigenvalue weighted by molar-refractivity contribution is -0.155. The van der Waals surface area contributed by atoms with E-state index in [-0.39, 0.29) is 12.4 Å². The summed E-state index contributed by atoms with van der Waals surface area (Å²) in [5, 5.41) is 18.5. The van der Waals surface area contributed by atoms with Crippen LogP contribution in [0.1, 0.15) is 72.0 Å². The van der Waals surface area contributed by atoms with E-state index in [9.17, 15) is 9.59 Å². The summed E-state index contributed by atoms with van der Waals surface area (Å²) in [6.45, 7) is 11.5. The van der Waals surface area contributed by atoms with E-state index in [1.807, 2.05) is 44.4 Å². The maximum Gasteiger partial charge on any atom is 0.382 e. The molecule has 180 valence electrons. The fourth-order valence-corrected chi connectivity index (χ4v) is 5.12. The van der Waals surface area contributed by atoms with Crippen LogP contribution in [0.25, 0.3) is 5.00 Å². The van der Waals surface area contributed by atoms with E-state index < -0.39 is 17.6 Å². The number of aromatic nitrogens is 3. The molecule has 3 aromatic rings. The van der Waals surface area contributed by atoms with Crippen LogP contribution in [0.4, 0.5) is 0 Å². The summed E-state index contributed by atoms with van der Waals surface area (Å²) in [4.78, 5) is 29.8. The lowest BCUT2D eigenvalue weighted by Crippen LogP contribution is -2.25. The highest BCUT2D eigenvalue weighted by Gasteiger charge is 2.33. The quantitative estimate of drug-likeness (QED) is 0.433. The number of carbonyl (C=O) groups excluding carboxylic acids is 1. The number of ether oxygens (including phenoxy) is 1. The maximum absolute atomic E-state index is 12.8. The standard InChI is InChI=1S/C26H26N4O4S/c1-14-15(2)35-25-22(14)23(18-10-7-17(8-11-18)9-12-20(31)32)27-19(13-21(33)34-26(4,5)6)24-29-28-16(3)30(24)25/h7-8,10-11,19H,13H2,1-6H3,(H,31,32)/t19-/m0/s1. The third kappa shape index (κ3) is 5.03. The molecule has 9 heteroatoms. The van der Waals surface area contributed by atoms with Gasteiger partial charge in [-0.05, 0) is 59.2 Å². The Bertz CT molecular complexity index is 1410. The fraction of sp³-hybridized carbons (Fsp3) is 0.346. The van der Waals surface area contributed by atoms with E-state index in [0.29, 0.717) is 17.2 Å². The Balaban J connectivity index is 1.87. The Morgan fingerprint density at radius 3 is 2.46 bits per heavy atom. The molecule has 0 amide bonds. The molecule has 8 nitrogen and oxygen atoms in total. The van der Waals surface area contributed by atoms with Crippen molar-refractivity contribution >= 4 is 29.0 Å². The van der Waals surface area contributed by atoms with E-state index in [4.69, 9.17) is 14.8 Å². The van der Waals surface area contributed by atoms with Gasteiger partial charge in [0, 0.05) is 27.5 Å². The van der Waals surface area contributed by atoms with E-state index in [0.717, 1.165) is 32.3 Å². The molecule has 0 saturated heterocycles. The molecule has 1 N–H and O–H groups in total. The van der Waals surface area contributed by atoms with Crippen LogP contribution in [-0.4, -0.2) is 43.1 Å². The lowest BCUT2D eigenvalue weighted by Gasteiger charge is -2.21. The third-order valence-corrected chi connectivity index (χ3v) is 6.68. The molecule has 0 unspecified atom stereocenters. The number of benzene rings is 1. The van der Waals surface area contributed by atoms with E-state index in [1.165, 1.54) is 0 Å². The van der Waals surface area contributed by atoms with Gasteiger partial charge in [0.05, 0.1) is 12.1 Å². The zero-order chi connectivity index (χ0) is 25.5. The summed E-state index contributed by atoms with van der Waals surface area (Å²) in [5.74, 6) is 4.51. The molecule has 35 heavy (non-hydrogen) atoms. The van der Waals surface area contributed by atoms with Gasteiger partial charge in [0.15, 0.2) is 5.82 Å². The molecule has 1 aliphatic rings. The van der Waals surface area contributed by atoms with Crippen LogP contribution in [0, 0.1) is 32.6 Å². The zero-order valence-electron chi connectivity index (χ0n) is 20.5. The molecule has 0 radical (unpaired) electrons. The molecule has 0 fully saturated rings. The first kappa shape index (κ1) is 24.4. The summed E-state index contributed by atoms with van der Waals surface area (Å²) in [6, 6.07) is 6.67. The first-order valence-corrected chi connectivity index (χ1v) is 11.9. The normalized spacial score (nSPS) is 14.7. The molecule has 2 aromatic heterocycles. The monoisotopic (exact) mass is 490 g/mol. The van der Waals surface area contributed by atoms with E-state index in [2.05, 4.69) is 35.9 Å². The Kier molecular flexibility index (Phi) is 6.34. The molecule has 4 rings (SSSR count). The van der Waals surface area contributed by atoms with Gasteiger partial charge in [0.25, 0.3) is 0 Å². The largest absolute Gasteiger partial charge is 0.472 e. The number of thiophene rings is 1. The summed E-state index contributed by atoms with van der Waals surface area (Å²) in [5.41, 5.74) is 3.60. The van der Waals surface area contributed by atoms with Crippen LogP contribution in [0.3, 0.4) is 0 Å². The predicted octanol–water partition coefficient (Wildman–Crippen LogP) is 4.31. The number of carboxylic acids is 1. The van der Waals surface area contributed by atoms with Crippen LogP contribution >= 0.6 is 11.3 Å². The number of carbonyl (C=O) groups is 2. The minimum Gasteiger partial charge on any atom is -0.472 e. The molecule has 0 bridgehead atoms. The Morgan fingerprint density at radius 1 is 1.14 bits per heavy atom. The van der Waals surface area contributed by atoms with Crippen LogP contribution in [0.5, 0.6) is 0 Å². The molecule has 1 atom stereocenters. The summed E-state index contributed by atoms with van der Waals surface area (Å²) >= 11 is 1.63. The summed E-state index contributed by atoms with van der Waals surface area (Å²) in [7, 11) is 0. The molecule has 3 heterocycles. The van der Waals surface area contributed by atoms with Gasteiger partial charge in [-0.3, -0.25) is 14.4 Å². The zero-order valence-corrected chi connectivity index (χ0v) is 21.3. The highest BCUT2D eigenvalue weighted by Crippen LogP contribution is 2.39. The molecule has 1 aromatic carbocycles. The molecule has 0 saturated carbocycles. The van der Waals surface area contributed by atoms with Crippen molar-refractivity contribution in [1.82, 2.24) is 14.8 Å². The lowest BCUT2D eigenvalue weighted by atomic mass is 9.98. The third-order valence-electron chi connectivity index (χ3n) is 5.49. The number of aliphatic imine (C=N–C) groups is 1. The smallest absolute Gasteiger partial charge is 0.382 e. The number of aliphatic carboxylic acids is 1. The molecular formula is C26H26N4O4S.